The fraction of sp³-hybridized carbons (Fsp3) is 0.375. The van der Waals surface area contributed by atoms with Gasteiger partial charge in [0.25, 0.3) is 5.91 Å². The lowest BCUT2D eigenvalue weighted by molar-refractivity contribution is 0.0935. The highest BCUT2D eigenvalue weighted by Gasteiger charge is 2.21. The van der Waals surface area contributed by atoms with Crippen molar-refractivity contribution in [2.45, 2.75) is 33.2 Å². The van der Waals surface area contributed by atoms with E-state index in [0.717, 1.165) is 66.9 Å². The number of carbonyl (C=O) groups excluding carboxylic acids is 1. The molecule has 3 aromatic rings. The first-order valence-electron chi connectivity index (χ1n) is 10.1. The zero-order valence-corrected chi connectivity index (χ0v) is 16.7. The molecule has 0 radical (unpaired) electrons. The molecule has 1 saturated heterocycles. The van der Waals surface area contributed by atoms with Crippen molar-refractivity contribution in [3.05, 3.63) is 71.2 Å². The molecule has 28 heavy (non-hydrogen) atoms. The molecule has 146 valence electrons. The summed E-state index contributed by atoms with van der Waals surface area (Å²) in [5, 5.41) is 5.40. The Hall–Kier alpha value is -2.59. The van der Waals surface area contributed by atoms with Crippen molar-refractivity contribution in [3.8, 4) is 0 Å². The molecular weight excluding hydrogens is 348 g/mol. The van der Waals surface area contributed by atoms with Gasteiger partial charge in [0.1, 0.15) is 11.5 Å². The van der Waals surface area contributed by atoms with Crippen LogP contribution in [0.15, 0.2) is 52.9 Å². The average Bonchev–Trinajstić information content (AvgIpc) is 3.03. The fourth-order valence-electron chi connectivity index (χ4n) is 4.10. The van der Waals surface area contributed by atoms with E-state index in [1.165, 1.54) is 5.56 Å². The number of nitrogens with one attached hydrogen (secondary N) is 1. The van der Waals surface area contributed by atoms with E-state index in [-0.39, 0.29) is 5.91 Å². The van der Waals surface area contributed by atoms with Crippen LogP contribution in [0.25, 0.3) is 10.8 Å². The second kappa shape index (κ2) is 8.19. The van der Waals surface area contributed by atoms with E-state index in [1.807, 2.05) is 50.2 Å². The number of hydrogen-bond acceptors (Lipinski definition) is 3. The summed E-state index contributed by atoms with van der Waals surface area (Å²) in [4.78, 5) is 15.0. The van der Waals surface area contributed by atoms with Gasteiger partial charge < -0.3 is 9.73 Å². The van der Waals surface area contributed by atoms with Gasteiger partial charge >= 0.3 is 0 Å². The van der Waals surface area contributed by atoms with Crippen LogP contribution in [0.5, 0.6) is 0 Å². The van der Waals surface area contributed by atoms with Crippen molar-refractivity contribution >= 4 is 16.7 Å². The highest BCUT2D eigenvalue weighted by Crippen LogP contribution is 2.22. The van der Waals surface area contributed by atoms with Crippen molar-refractivity contribution in [2.24, 2.45) is 5.92 Å². The molecule has 1 N–H and O–H groups in total. The van der Waals surface area contributed by atoms with Gasteiger partial charge in [-0.1, -0.05) is 30.3 Å². The second-order valence-electron chi connectivity index (χ2n) is 7.93. The Morgan fingerprint density at radius 2 is 1.82 bits per heavy atom. The molecule has 0 aliphatic carbocycles. The van der Waals surface area contributed by atoms with Crippen LogP contribution in [0.4, 0.5) is 0 Å². The van der Waals surface area contributed by atoms with E-state index in [0.29, 0.717) is 5.92 Å². The van der Waals surface area contributed by atoms with Crippen LogP contribution in [0.3, 0.4) is 0 Å². The molecule has 4 rings (SSSR count). The number of hydrogen-bond donors (Lipinski definition) is 1. The van der Waals surface area contributed by atoms with Crippen molar-refractivity contribution < 1.29 is 9.21 Å². The van der Waals surface area contributed by atoms with Gasteiger partial charge in [-0.15, -0.1) is 0 Å². The maximum atomic E-state index is 12.5. The van der Waals surface area contributed by atoms with E-state index < -0.39 is 0 Å². The Morgan fingerprint density at radius 1 is 1.07 bits per heavy atom. The summed E-state index contributed by atoms with van der Waals surface area (Å²) >= 11 is 0. The van der Waals surface area contributed by atoms with Crippen LogP contribution >= 0.6 is 0 Å². The van der Waals surface area contributed by atoms with Gasteiger partial charge in [-0.2, -0.15) is 0 Å². The van der Waals surface area contributed by atoms with Crippen molar-refractivity contribution in [1.29, 1.82) is 0 Å². The van der Waals surface area contributed by atoms with Crippen LogP contribution in [0, 0.1) is 19.8 Å². The minimum atomic E-state index is 0.0256. The first-order chi connectivity index (χ1) is 13.6. The Balaban J connectivity index is 1.26. The number of carbonyl (C=O) groups is 1. The summed E-state index contributed by atoms with van der Waals surface area (Å²) in [5.74, 6) is 2.59. The number of aryl methyl sites for hydroxylation is 2. The lowest BCUT2D eigenvalue weighted by Gasteiger charge is -2.31. The van der Waals surface area contributed by atoms with E-state index >= 15 is 0 Å². The first kappa shape index (κ1) is 18.8. The number of furan rings is 1. The smallest absolute Gasteiger partial charge is 0.251 e. The third-order valence-electron chi connectivity index (χ3n) is 5.81. The van der Waals surface area contributed by atoms with Gasteiger partial charge in [0, 0.05) is 24.2 Å². The summed E-state index contributed by atoms with van der Waals surface area (Å²) in [6.07, 6.45) is 2.24. The lowest BCUT2D eigenvalue weighted by Crippen LogP contribution is -2.38. The van der Waals surface area contributed by atoms with E-state index in [9.17, 15) is 4.79 Å². The zero-order valence-electron chi connectivity index (χ0n) is 16.7. The van der Waals surface area contributed by atoms with Crippen molar-refractivity contribution in [2.75, 3.05) is 19.6 Å². The van der Waals surface area contributed by atoms with Crippen LogP contribution in [-0.2, 0) is 6.54 Å². The largest absolute Gasteiger partial charge is 0.466 e. The minimum Gasteiger partial charge on any atom is -0.466 e. The molecular formula is C24H28N2O2. The van der Waals surface area contributed by atoms with Gasteiger partial charge in [-0.25, -0.2) is 0 Å². The molecule has 0 bridgehead atoms. The topological polar surface area (TPSA) is 45.5 Å². The average molecular weight is 377 g/mol. The monoisotopic (exact) mass is 376 g/mol. The van der Waals surface area contributed by atoms with Gasteiger partial charge in [0.15, 0.2) is 0 Å². The normalized spacial score (nSPS) is 15.8. The van der Waals surface area contributed by atoms with Crippen LogP contribution in [0.1, 0.15) is 40.3 Å². The maximum absolute atomic E-state index is 12.5. The standard InChI is InChI=1S/C24H28N2O2/c1-17-13-23(18(2)28-17)16-26-11-9-19(10-12-26)15-25-24(27)22-8-7-20-5-3-4-6-21(20)14-22/h3-8,13-14,19H,9-12,15-16H2,1-2H3,(H,25,27). The molecule has 0 atom stereocenters. The molecule has 4 nitrogen and oxygen atoms in total. The molecule has 1 aliphatic heterocycles. The van der Waals surface area contributed by atoms with Crippen molar-refractivity contribution in [1.82, 2.24) is 10.2 Å². The van der Waals surface area contributed by atoms with Gasteiger partial charge in [0.2, 0.25) is 0 Å². The summed E-state index contributed by atoms with van der Waals surface area (Å²) in [5.41, 5.74) is 2.03. The predicted octanol–water partition coefficient (Wildman–Crippen LogP) is 4.69. The number of likely N-dealkylation sites (tertiary alicyclic amines) is 1. The highest BCUT2D eigenvalue weighted by molar-refractivity contribution is 5.98. The summed E-state index contributed by atoms with van der Waals surface area (Å²) in [6.45, 7) is 7.89. The second-order valence-corrected chi connectivity index (χ2v) is 7.93. The summed E-state index contributed by atoms with van der Waals surface area (Å²) in [7, 11) is 0. The van der Waals surface area contributed by atoms with Crippen LogP contribution in [0.2, 0.25) is 0 Å². The molecule has 1 fully saturated rings. The first-order valence-corrected chi connectivity index (χ1v) is 10.1. The van der Waals surface area contributed by atoms with Crippen LogP contribution in [-0.4, -0.2) is 30.4 Å². The van der Waals surface area contributed by atoms with E-state index in [1.54, 1.807) is 0 Å². The number of amides is 1. The number of benzene rings is 2. The lowest BCUT2D eigenvalue weighted by atomic mass is 9.96. The molecule has 2 heterocycles. The molecule has 1 amide bonds. The number of nitrogens with zero attached hydrogens (tertiary/aromatic N) is 1. The summed E-state index contributed by atoms with van der Waals surface area (Å²) in [6, 6.07) is 16.2. The highest BCUT2D eigenvalue weighted by atomic mass is 16.3. The predicted molar refractivity (Wildman–Crippen MR) is 112 cm³/mol. The van der Waals surface area contributed by atoms with E-state index in [2.05, 4.69) is 22.3 Å². The third kappa shape index (κ3) is 4.28. The number of piperidine rings is 1. The Bertz CT molecular complexity index is 968. The molecule has 0 spiro atoms. The van der Waals surface area contributed by atoms with E-state index in [4.69, 9.17) is 4.42 Å². The maximum Gasteiger partial charge on any atom is 0.251 e. The molecule has 4 heteroatoms. The molecule has 0 saturated carbocycles. The Kier molecular flexibility index (Phi) is 5.49. The van der Waals surface area contributed by atoms with Crippen LogP contribution < -0.4 is 5.32 Å². The van der Waals surface area contributed by atoms with Gasteiger partial charge in [-0.05, 0) is 74.7 Å². The summed E-state index contributed by atoms with van der Waals surface area (Å²) < 4.78 is 5.64. The SMILES string of the molecule is Cc1cc(CN2CCC(CNC(=O)c3ccc4ccccc4c3)CC2)c(C)o1. The quantitative estimate of drug-likeness (QED) is 0.702. The van der Waals surface area contributed by atoms with Crippen molar-refractivity contribution in [3.63, 3.8) is 0 Å². The van der Waals surface area contributed by atoms with Gasteiger partial charge in [-0.3, -0.25) is 9.69 Å². The minimum absolute atomic E-state index is 0.0256. The Morgan fingerprint density at radius 3 is 2.54 bits per heavy atom. The van der Waals surface area contributed by atoms with Gasteiger partial charge in [0.05, 0.1) is 0 Å². The molecule has 0 unspecified atom stereocenters. The fourth-order valence-corrected chi connectivity index (χ4v) is 4.10. The number of rotatable bonds is 5. The third-order valence-corrected chi connectivity index (χ3v) is 5.81. The molecule has 1 aliphatic rings. The zero-order chi connectivity index (χ0) is 19.5. The molecule has 2 aromatic carbocycles. The number of fused-ring (bicyclic) bond motifs is 1. The Labute approximate surface area is 166 Å². The molecule has 1 aromatic heterocycles.